The second kappa shape index (κ2) is 12.3. The van der Waals surface area contributed by atoms with E-state index in [-0.39, 0.29) is 6.01 Å². The Hall–Kier alpha value is -3.75. The Labute approximate surface area is 195 Å². The second-order valence-corrected chi connectivity index (χ2v) is 7.64. The minimum absolute atomic E-state index is 0.268. The Kier molecular flexibility index (Phi) is 8.93. The average molecular weight is 449 g/mol. The summed E-state index contributed by atoms with van der Waals surface area (Å²) in [5.74, 6) is 0.988. The van der Waals surface area contributed by atoms with E-state index in [2.05, 4.69) is 49.2 Å². The van der Waals surface area contributed by atoms with Crippen molar-refractivity contribution < 1.29 is 4.74 Å². The van der Waals surface area contributed by atoms with Crippen LogP contribution in [-0.4, -0.2) is 45.8 Å². The summed E-state index contributed by atoms with van der Waals surface area (Å²) < 4.78 is 5.87. The molecule has 2 aromatic heterocycles. The normalized spacial score (nSPS) is 11.0. The molecule has 33 heavy (non-hydrogen) atoms. The quantitative estimate of drug-likeness (QED) is 0.244. The maximum absolute atomic E-state index is 6.02. The van der Waals surface area contributed by atoms with Crippen molar-refractivity contribution in [3.8, 4) is 6.01 Å². The summed E-state index contributed by atoms with van der Waals surface area (Å²) in [5.41, 5.74) is 12.4. The number of hydrazone groups is 1. The van der Waals surface area contributed by atoms with Crippen LogP contribution in [0.5, 0.6) is 6.01 Å². The van der Waals surface area contributed by atoms with E-state index in [1.54, 1.807) is 12.4 Å². The van der Waals surface area contributed by atoms with Crippen LogP contribution in [0.25, 0.3) is 0 Å². The SMILES string of the molecule is CCCN(CCC)c1nc(/C=N/Nc2cc(C)ccc2N)nc(OCCc2ccccn2)n1. The summed E-state index contributed by atoms with van der Waals surface area (Å²) in [6.45, 7) is 8.37. The highest BCUT2D eigenvalue weighted by molar-refractivity contribution is 5.77. The first kappa shape index (κ1) is 23.9. The van der Waals surface area contributed by atoms with Crippen LogP contribution in [0, 0.1) is 6.92 Å². The number of hydrogen-bond donors (Lipinski definition) is 2. The minimum Gasteiger partial charge on any atom is -0.463 e. The lowest BCUT2D eigenvalue weighted by atomic mass is 10.2. The van der Waals surface area contributed by atoms with E-state index in [0.29, 0.717) is 30.5 Å². The number of aryl methyl sites for hydroxylation is 1. The highest BCUT2D eigenvalue weighted by Gasteiger charge is 2.13. The van der Waals surface area contributed by atoms with Crippen molar-refractivity contribution in [3.05, 3.63) is 59.7 Å². The number of benzene rings is 1. The van der Waals surface area contributed by atoms with Crippen LogP contribution in [0.2, 0.25) is 0 Å². The Morgan fingerprint density at radius 1 is 1.09 bits per heavy atom. The molecule has 2 heterocycles. The molecule has 0 saturated heterocycles. The lowest BCUT2D eigenvalue weighted by molar-refractivity contribution is 0.293. The van der Waals surface area contributed by atoms with E-state index in [4.69, 9.17) is 10.5 Å². The first-order valence-corrected chi connectivity index (χ1v) is 11.3. The zero-order chi connectivity index (χ0) is 23.5. The summed E-state index contributed by atoms with van der Waals surface area (Å²) in [5, 5.41) is 4.28. The lowest BCUT2D eigenvalue weighted by Gasteiger charge is -2.21. The smallest absolute Gasteiger partial charge is 0.321 e. The van der Waals surface area contributed by atoms with Gasteiger partial charge in [0.25, 0.3) is 0 Å². The fourth-order valence-corrected chi connectivity index (χ4v) is 3.20. The third-order valence-electron chi connectivity index (χ3n) is 4.78. The van der Waals surface area contributed by atoms with Gasteiger partial charge in [-0.1, -0.05) is 26.0 Å². The van der Waals surface area contributed by atoms with Crippen LogP contribution < -0.4 is 20.8 Å². The molecule has 0 saturated carbocycles. The van der Waals surface area contributed by atoms with E-state index >= 15 is 0 Å². The number of pyridine rings is 1. The number of nitrogens with one attached hydrogen (secondary N) is 1. The van der Waals surface area contributed by atoms with Gasteiger partial charge in [0.15, 0.2) is 5.82 Å². The van der Waals surface area contributed by atoms with Crippen molar-refractivity contribution in [2.75, 3.05) is 35.8 Å². The van der Waals surface area contributed by atoms with Crippen LogP contribution in [-0.2, 0) is 6.42 Å². The van der Waals surface area contributed by atoms with E-state index in [9.17, 15) is 0 Å². The van der Waals surface area contributed by atoms with Crippen LogP contribution in [0.4, 0.5) is 17.3 Å². The van der Waals surface area contributed by atoms with Gasteiger partial charge in [0.05, 0.1) is 24.2 Å². The molecule has 3 aromatic rings. The Morgan fingerprint density at radius 2 is 1.91 bits per heavy atom. The molecule has 0 aliphatic rings. The fourth-order valence-electron chi connectivity index (χ4n) is 3.20. The van der Waals surface area contributed by atoms with E-state index in [1.165, 1.54) is 0 Å². The molecule has 0 aliphatic carbocycles. The molecule has 9 nitrogen and oxygen atoms in total. The average Bonchev–Trinajstić information content (AvgIpc) is 2.82. The first-order valence-electron chi connectivity index (χ1n) is 11.3. The van der Waals surface area contributed by atoms with Crippen LogP contribution in [0.15, 0.2) is 47.7 Å². The van der Waals surface area contributed by atoms with Crippen molar-refractivity contribution in [1.82, 2.24) is 19.9 Å². The number of hydrogen-bond acceptors (Lipinski definition) is 9. The Bertz CT molecular complexity index is 1040. The summed E-state index contributed by atoms with van der Waals surface area (Å²) >= 11 is 0. The zero-order valence-electron chi connectivity index (χ0n) is 19.5. The molecule has 0 unspecified atom stereocenters. The molecule has 0 aliphatic heterocycles. The third kappa shape index (κ3) is 7.41. The topological polar surface area (TPSA) is 114 Å². The van der Waals surface area contributed by atoms with Gasteiger partial charge in [0.2, 0.25) is 5.95 Å². The molecule has 174 valence electrons. The molecule has 0 atom stereocenters. The van der Waals surface area contributed by atoms with Gasteiger partial charge >= 0.3 is 6.01 Å². The van der Waals surface area contributed by atoms with Crippen LogP contribution in [0.1, 0.15) is 43.8 Å². The molecular weight excluding hydrogens is 416 g/mol. The Morgan fingerprint density at radius 3 is 2.64 bits per heavy atom. The van der Waals surface area contributed by atoms with Gasteiger partial charge in [0, 0.05) is 31.4 Å². The minimum atomic E-state index is 0.268. The van der Waals surface area contributed by atoms with Gasteiger partial charge in [-0.05, 0) is 49.6 Å². The largest absolute Gasteiger partial charge is 0.463 e. The summed E-state index contributed by atoms with van der Waals surface area (Å²) in [6.07, 6.45) is 5.95. The van der Waals surface area contributed by atoms with Crippen molar-refractivity contribution in [2.24, 2.45) is 5.10 Å². The van der Waals surface area contributed by atoms with Crippen molar-refractivity contribution >= 4 is 23.5 Å². The van der Waals surface area contributed by atoms with E-state index in [1.807, 2.05) is 43.3 Å². The molecule has 0 bridgehead atoms. The molecular formula is C24H32N8O. The predicted octanol–water partition coefficient (Wildman–Crippen LogP) is 3.85. The van der Waals surface area contributed by atoms with Gasteiger partial charge in [-0.3, -0.25) is 10.4 Å². The third-order valence-corrected chi connectivity index (χ3v) is 4.78. The summed E-state index contributed by atoms with van der Waals surface area (Å²) in [7, 11) is 0. The van der Waals surface area contributed by atoms with Crippen LogP contribution >= 0.6 is 0 Å². The number of rotatable bonds is 12. The molecule has 1 aromatic carbocycles. The first-order chi connectivity index (χ1) is 16.1. The van der Waals surface area contributed by atoms with Crippen molar-refractivity contribution in [1.29, 1.82) is 0 Å². The molecule has 0 amide bonds. The monoisotopic (exact) mass is 448 g/mol. The number of nitrogens with zero attached hydrogens (tertiary/aromatic N) is 6. The second-order valence-electron chi connectivity index (χ2n) is 7.64. The van der Waals surface area contributed by atoms with Gasteiger partial charge < -0.3 is 15.4 Å². The highest BCUT2D eigenvalue weighted by Crippen LogP contribution is 2.19. The zero-order valence-corrected chi connectivity index (χ0v) is 19.5. The fraction of sp³-hybridized carbons (Fsp3) is 0.375. The maximum atomic E-state index is 6.02. The number of nitrogens with two attached hydrogens (primary N) is 1. The van der Waals surface area contributed by atoms with Crippen molar-refractivity contribution in [2.45, 2.75) is 40.0 Å². The van der Waals surface area contributed by atoms with Crippen LogP contribution in [0.3, 0.4) is 0 Å². The highest BCUT2D eigenvalue weighted by atomic mass is 16.5. The van der Waals surface area contributed by atoms with E-state index < -0.39 is 0 Å². The molecule has 0 radical (unpaired) electrons. The number of anilines is 3. The molecule has 3 rings (SSSR count). The summed E-state index contributed by atoms with van der Waals surface area (Å²) in [6, 6.07) is 11.8. The van der Waals surface area contributed by atoms with Gasteiger partial charge in [-0.2, -0.15) is 20.1 Å². The van der Waals surface area contributed by atoms with Gasteiger partial charge in [-0.25, -0.2) is 0 Å². The Balaban J connectivity index is 1.78. The number of nitrogen functional groups attached to an aromatic ring is 1. The lowest BCUT2D eigenvalue weighted by Crippen LogP contribution is -2.27. The summed E-state index contributed by atoms with van der Waals surface area (Å²) in [4.78, 5) is 20.0. The van der Waals surface area contributed by atoms with Crippen molar-refractivity contribution in [3.63, 3.8) is 0 Å². The maximum Gasteiger partial charge on any atom is 0.321 e. The molecule has 3 N–H and O–H groups in total. The molecule has 0 fully saturated rings. The standard InChI is InChI=1S/C24H32N8O/c1-4-13-32(14-5-2)23-28-22(17-27-31-21-16-18(3)9-10-20(21)25)29-24(30-23)33-15-11-19-8-6-7-12-26-19/h6-10,12,16-17,31H,4-5,11,13-15,25H2,1-3H3/b27-17+. The molecule has 9 heteroatoms. The molecule has 0 spiro atoms. The predicted molar refractivity (Wildman–Crippen MR) is 133 cm³/mol. The van der Waals surface area contributed by atoms with Gasteiger partial charge in [-0.15, -0.1) is 0 Å². The number of aromatic nitrogens is 4. The van der Waals surface area contributed by atoms with E-state index in [0.717, 1.165) is 42.9 Å². The number of ether oxygens (including phenoxy) is 1. The van der Waals surface area contributed by atoms with Gasteiger partial charge in [0.1, 0.15) is 0 Å².